The Balaban J connectivity index is 1.71. The third-order valence-electron chi connectivity index (χ3n) is 4.54. The molecular weight excluding hydrogens is 268 g/mol. The molecule has 2 amide bonds. The maximum absolute atomic E-state index is 12.0. The summed E-state index contributed by atoms with van der Waals surface area (Å²) in [4.78, 5) is 25.0. The van der Waals surface area contributed by atoms with Gasteiger partial charge in [0, 0.05) is 38.1 Å². The summed E-state index contributed by atoms with van der Waals surface area (Å²) < 4.78 is 0. The summed E-state index contributed by atoms with van der Waals surface area (Å²) in [5.74, 6) is -0.0160. The van der Waals surface area contributed by atoms with Gasteiger partial charge in [-0.2, -0.15) is 0 Å². The molecule has 0 spiro atoms. The fraction of sp³-hybridized carbons (Fsp3) is 0.867. The third-order valence-corrected chi connectivity index (χ3v) is 4.54. The van der Waals surface area contributed by atoms with Crippen molar-refractivity contribution in [3.63, 3.8) is 0 Å². The highest BCUT2D eigenvalue weighted by Gasteiger charge is 2.35. The molecule has 2 atom stereocenters. The first-order valence-corrected chi connectivity index (χ1v) is 8.09. The minimum absolute atomic E-state index is 0.0491. The van der Waals surface area contributed by atoms with Crippen molar-refractivity contribution >= 4 is 11.8 Å². The zero-order valence-electron chi connectivity index (χ0n) is 13.2. The summed E-state index contributed by atoms with van der Waals surface area (Å²) in [6.07, 6.45) is 4.87. The number of carbonyl (C=O) groups excluding carboxylic acids is 2. The molecule has 0 aromatic heterocycles. The van der Waals surface area contributed by atoms with E-state index in [1.807, 2.05) is 0 Å². The molecular formula is C15H28N4O2. The van der Waals surface area contributed by atoms with Gasteiger partial charge in [0.1, 0.15) is 0 Å². The molecule has 120 valence electrons. The van der Waals surface area contributed by atoms with Crippen LogP contribution in [0.1, 0.15) is 39.5 Å². The average Bonchev–Trinajstić information content (AvgIpc) is 2.79. The summed E-state index contributed by atoms with van der Waals surface area (Å²) >= 11 is 0. The second-order valence-electron chi connectivity index (χ2n) is 6.16. The molecule has 2 bridgehead atoms. The zero-order chi connectivity index (χ0) is 15.2. The number of nitrogens with one attached hydrogen (secondary N) is 3. The van der Waals surface area contributed by atoms with Crippen LogP contribution in [0.25, 0.3) is 0 Å². The maximum Gasteiger partial charge on any atom is 0.234 e. The van der Waals surface area contributed by atoms with E-state index in [4.69, 9.17) is 0 Å². The Bertz CT molecular complexity index is 363. The molecule has 2 fully saturated rings. The quantitative estimate of drug-likeness (QED) is 0.571. The lowest BCUT2D eigenvalue weighted by Crippen LogP contribution is -2.51. The summed E-state index contributed by atoms with van der Waals surface area (Å²) in [6, 6.07) is 1.81. The first-order chi connectivity index (χ1) is 10.1. The Labute approximate surface area is 127 Å². The van der Waals surface area contributed by atoms with E-state index in [-0.39, 0.29) is 11.8 Å². The van der Waals surface area contributed by atoms with Crippen LogP contribution in [0.3, 0.4) is 0 Å². The first-order valence-electron chi connectivity index (χ1n) is 8.09. The van der Waals surface area contributed by atoms with Gasteiger partial charge in [0.2, 0.25) is 11.8 Å². The largest absolute Gasteiger partial charge is 0.355 e. The SMILES string of the molecule is CCN(CC(=O)NCCNC(C)=O)C1CC2CCC(C1)N2. The maximum atomic E-state index is 12.0. The van der Waals surface area contributed by atoms with Gasteiger partial charge in [0.25, 0.3) is 0 Å². The second-order valence-corrected chi connectivity index (χ2v) is 6.16. The molecule has 21 heavy (non-hydrogen) atoms. The van der Waals surface area contributed by atoms with Crippen molar-refractivity contribution in [3.05, 3.63) is 0 Å². The number of nitrogens with zero attached hydrogens (tertiary/aromatic N) is 1. The van der Waals surface area contributed by atoms with Crippen molar-refractivity contribution in [1.29, 1.82) is 0 Å². The lowest BCUT2D eigenvalue weighted by Gasteiger charge is -2.36. The van der Waals surface area contributed by atoms with Gasteiger partial charge < -0.3 is 16.0 Å². The summed E-state index contributed by atoms with van der Waals surface area (Å²) in [5, 5.41) is 9.18. The zero-order valence-corrected chi connectivity index (χ0v) is 13.2. The molecule has 2 saturated heterocycles. The molecule has 0 aromatic carbocycles. The number of hydrogen-bond acceptors (Lipinski definition) is 4. The lowest BCUT2D eigenvalue weighted by atomic mass is 9.98. The molecule has 2 rings (SSSR count). The average molecular weight is 296 g/mol. The highest BCUT2D eigenvalue weighted by molar-refractivity contribution is 5.78. The highest BCUT2D eigenvalue weighted by Crippen LogP contribution is 2.29. The Kier molecular flexibility index (Phi) is 5.99. The van der Waals surface area contributed by atoms with Crippen molar-refractivity contribution in [1.82, 2.24) is 20.9 Å². The lowest BCUT2D eigenvalue weighted by molar-refractivity contribution is -0.123. The van der Waals surface area contributed by atoms with E-state index < -0.39 is 0 Å². The van der Waals surface area contributed by atoms with E-state index >= 15 is 0 Å². The fourth-order valence-corrected chi connectivity index (χ4v) is 3.51. The number of rotatable bonds is 7. The molecule has 2 heterocycles. The van der Waals surface area contributed by atoms with Crippen LogP contribution in [0, 0.1) is 0 Å². The minimum Gasteiger partial charge on any atom is -0.355 e. The molecule has 2 aliphatic rings. The van der Waals surface area contributed by atoms with Gasteiger partial charge in [-0.1, -0.05) is 6.92 Å². The number of hydrogen-bond donors (Lipinski definition) is 3. The monoisotopic (exact) mass is 296 g/mol. The van der Waals surface area contributed by atoms with Crippen LogP contribution in [0.2, 0.25) is 0 Å². The van der Waals surface area contributed by atoms with Crippen LogP contribution in [0.5, 0.6) is 0 Å². The summed E-state index contributed by atoms with van der Waals surface area (Å²) in [5.41, 5.74) is 0. The van der Waals surface area contributed by atoms with Crippen molar-refractivity contribution in [3.8, 4) is 0 Å². The summed E-state index contributed by atoms with van der Waals surface area (Å²) in [6.45, 7) is 5.95. The molecule has 2 aliphatic heterocycles. The number of fused-ring (bicyclic) bond motifs is 2. The molecule has 6 nitrogen and oxygen atoms in total. The number of amides is 2. The van der Waals surface area contributed by atoms with Crippen molar-refractivity contribution < 1.29 is 9.59 Å². The molecule has 0 saturated carbocycles. The third kappa shape index (κ3) is 4.97. The van der Waals surface area contributed by atoms with Crippen LogP contribution in [-0.2, 0) is 9.59 Å². The van der Waals surface area contributed by atoms with Gasteiger partial charge in [-0.25, -0.2) is 0 Å². The molecule has 6 heteroatoms. The van der Waals surface area contributed by atoms with Gasteiger partial charge in [-0.15, -0.1) is 0 Å². The van der Waals surface area contributed by atoms with Crippen molar-refractivity contribution in [2.75, 3.05) is 26.2 Å². The van der Waals surface area contributed by atoms with Crippen LogP contribution in [-0.4, -0.2) is 61.0 Å². The minimum atomic E-state index is -0.0652. The van der Waals surface area contributed by atoms with E-state index in [1.54, 1.807) is 0 Å². The number of carbonyl (C=O) groups is 2. The van der Waals surface area contributed by atoms with Crippen LogP contribution < -0.4 is 16.0 Å². The van der Waals surface area contributed by atoms with Crippen LogP contribution in [0.15, 0.2) is 0 Å². The van der Waals surface area contributed by atoms with E-state index in [0.717, 1.165) is 19.4 Å². The standard InChI is InChI=1S/C15H28N4O2/c1-3-19(10-15(21)17-7-6-16-11(2)20)14-8-12-4-5-13(9-14)18-12/h12-14,18H,3-10H2,1-2H3,(H,16,20)(H,17,21). The normalized spacial score (nSPS) is 27.7. The van der Waals surface area contributed by atoms with Gasteiger partial charge in [0.15, 0.2) is 0 Å². The van der Waals surface area contributed by atoms with Gasteiger partial charge in [-0.05, 0) is 32.2 Å². The van der Waals surface area contributed by atoms with E-state index in [0.29, 0.717) is 37.8 Å². The predicted molar refractivity (Wildman–Crippen MR) is 81.9 cm³/mol. The number of likely N-dealkylation sites (N-methyl/N-ethyl adjacent to an activating group) is 1. The molecule has 2 unspecified atom stereocenters. The van der Waals surface area contributed by atoms with Gasteiger partial charge in [0.05, 0.1) is 6.54 Å². The Hall–Kier alpha value is -1.14. The topological polar surface area (TPSA) is 73.5 Å². The Morgan fingerprint density at radius 2 is 1.76 bits per heavy atom. The van der Waals surface area contributed by atoms with E-state index in [9.17, 15) is 9.59 Å². The van der Waals surface area contributed by atoms with E-state index in [1.165, 1.54) is 19.8 Å². The molecule has 0 radical (unpaired) electrons. The van der Waals surface area contributed by atoms with Gasteiger partial charge in [-0.3, -0.25) is 14.5 Å². The van der Waals surface area contributed by atoms with E-state index in [2.05, 4.69) is 27.8 Å². The fourth-order valence-electron chi connectivity index (χ4n) is 3.51. The highest BCUT2D eigenvalue weighted by atomic mass is 16.2. The first kappa shape index (κ1) is 16.2. The summed E-state index contributed by atoms with van der Waals surface area (Å²) in [7, 11) is 0. The van der Waals surface area contributed by atoms with Crippen molar-refractivity contribution in [2.45, 2.75) is 57.7 Å². The molecule has 0 aliphatic carbocycles. The molecule has 0 aromatic rings. The van der Waals surface area contributed by atoms with Crippen LogP contribution >= 0.6 is 0 Å². The second kappa shape index (κ2) is 7.75. The number of piperidine rings is 1. The Morgan fingerprint density at radius 1 is 1.14 bits per heavy atom. The molecule has 3 N–H and O–H groups in total. The Morgan fingerprint density at radius 3 is 2.33 bits per heavy atom. The smallest absolute Gasteiger partial charge is 0.234 e. The predicted octanol–water partition coefficient (Wildman–Crippen LogP) is -0.156. The van der Waals surface area contributed by atoms with Crippen LogP contribution in [0.4, 0.5) is 0 Å². The van der Waals surface area contributed by atoms with Crippen molar-refractivity contribution in [2.24, 2.45) is 0 Å². The van der Waals surface area contributed by atoms with Gasteiger partial charge >= 0.3 is 0 Å².